The van der Waals surface area contributed by atoms with Crippen LogP contribution in [0.1, 0.15) is 49.7 Å². The van der Waals surface area contributed by atoms with E-state index in [4.69, 9.17) is 5.73 Å². The first-order chi connectivity index (χ1) is 23.1. The number of carbonyl (C=O) groups is 3. The monoisotopic (exact) mass is 786 g/mol. The summed E-state index contributed by atoms with van der Waals surface area (Å²) in [6.45, 7) is 5.17. The molecule has 0 spiro atoms. The van der Waals surface area contributed by atoms with Crippen LogP contribution >= 0.6 is 31.9 Å². The molecule has 0 bridgehead atoms. The number of benzene rings is 2. The summed E-state index contributed by atoms with van der Waals surface area (Å²) in [5.41, 5.74) is 9.60. The van der Waals surface area contributed by atoms with Crippen molar-refractivity contribution < 1.29 is 14.4 Å². The maximum absolute atomic E-state index is 14.1. The Morgan fingerprint density at radius 1 is 0.917 bits per heavy atom. The lowest BCUT2D eigenvalue weighted by Crippen LogP contribution is -2.58. The molecular formula is C35H48Br2N8O3. The number of rotatable bonds is 7. The van der Waals surface area contributed by atoms with Gasteiger partial charge in [0.05, 0.1) is 5.69 Å². The number of nitrogens with zero attached hydrogens (tertiary/aromatic N) is 5. The number of fused-ring (bicyclic) bond motifs is 1. The largest absolute Gasteiger partial charge is 0.397 e. The second-order valence-electron chi connectivity index (χ2n) is 13.9. The van der Waals surface area contributed by atoms with E-state index in [0.717, 1.165) is 51.7 Å². The Morgan fingerprint density at radius 3 is 2.17 bits per heavy atom. The highest BCUT2D eigenvalue weighted by molar-refractivity contribution is 9.11. The summed E-state index contributed by atoms with van der Waals surface area (Å²) in [6, 6.07) is 11.8. The average Bonchev–Trinajstić information content (AvgIpc) is 3.10. The van der Waals surface area contributed by atoms with Gasteiger partial charge >= 0.3 is 12.1 Å². The van der Waals surface area contributed by atoms with Crippen LogP contribution in [0.15, 0.2) is 45.3 Å². The van der Waals surface area contributed by atoms with Crippen molar-refractivity contribution in [2.75, 3.05) is 64.4 Å². The van der Waals surface area contributed by atoms with Crippen molar-refractivity contribution in [3.63, 3.8) is 0 Å². The van der Waals surface area contributed by atoms with Gasteiger partial charge in [-0.3, -0.25) is 4.79 Å². The van der Waals surface area contributed by atoms with Gasteiger partial charge in [0.15, 0.2) is 0 Å². The van der Waals surface area contributed by atoms with Crippen molar-refractivity contribution in [2.45, 2.75) is 75.7 Å². The molecule has 3 fully saturated rings. The standard InChI is InChI=1S/C35H48Br2N8O3/c1-41(2)25-7-13-42(14-8-25)26-9-15-43(16-10-26)33(46)31(21-23-19-28(36)32(38)29(37)20-23)40-34(47)44-17-11-27(12-18-44)45-22-24-5-3-4-6-30(24)39-35(45)48/h3-6,19-20,25-27,31H,7-18,21-22,38H2,1-2H3,(H,39,48)(H,40,47)/t31-/m1/s1. The number of amides is 5. The van der Waals surface area contributed by atoms with Gasteiger partial charge in [0.25, 0.3) is 0 Å². The molecule has 0 unspecified atom stereocenters. The predicted molar refractivity (Wildman–Crippen MR) is 196 cm³/mol. The molecule has 260 valence electrons. The zero-order valence-corrected chi connectivity index (χ0v) is 31.1. The van der Waals surface area contributed by atoms with Gasteiger partial charge < -0.3 is 40.9 Å². The molecule has 4 aliphatic heterocycles. The van der Waals surface area contributed by atoms with Crippen LogP contribution in [0.2, 0.25) is 0 Å². The number of nitrogens with one attached hydrogen (secondary N) is 2. The Kier molecular flexibility index (Phi) is 11.2. The summed E-state index contributed by atoms with van der Waals surface area (Å²) < 4.78 is 1.49. The maximum Gasteiger partial charge on any atom is 0.322 e. The van der Waals surface area contributed by atoms with Gasteiger partial charge in [0, 0.05) is 71.9 Å². The number of anilines is 2. The van der Waals surface area contributed by atoms with Crippen molar-refractivity contribution in [1.29, 1.82) is 0 Å². The quantitative estimate of drug-likeness (QED) is 0.343. The molecule has 2 aromatic carbocycles. The Bertz CT molecular complexity index is 1460. The van der Waals surface area contributed by atoms with Gasteiger partial charge in [-0.25, -0.2) is 9.59 Å². The fourth-order valence-corrected chi connectivity index (χ4v) is 9.05. The summed E-state index contributed by atoms with van der Waals surface area (Å²) in [5, 5.41) is 6.12. The predicted octanol–water partition coefficient (Wildman–Crippen LogP) is 4.94. The molecule has 0 aromatic heterocycles. The second-order valence-corrected chi connectivity index (χ2v) is 15.6. The highest BCUT2D eigenvalue weighted by Crippen LogP contribution is 2.31. The van der Waals surface area contributed by atoms with Gasteiger partial charge in [0.1, 0.15) is 6.04 Å². The van der Waals surface area contributed by atoms with E-state index < -0.39 is 6.04 Å². The van der Waals surface area contributed by atoms with E-state index in [2.05, 4.69) is 66.4 Å². The molecule has 3 saturated heterocycles. The van der Waals surface area contributed by atoms with Gasteiger partial charge in [-0.2, -0.15) is 0 Å². The van der Waals surface area contributed by atoms with Crippen LogP contribution in [0.3, 0.4) is 0 Å². The maximum atomic E-state index is 14.1. The molecule has 0 radical (unpaired) electrons. The van der Waals surface area contributed by atoms with Crippen LogP contribution in [0, 0.1) is 0 Å². The smallest absolute Gasteiger partial charge is 0.322 e. The summed E-state index contributed by atoms with van der Waals surface area (Å²) >= 11 is 7.07. The zero-order chi connectivity index (χ0) is 33.9. The van der Waals surface area contributed by atoms with Crippen LogP contribution in [0.25, 0.3) is 0 Å². The first kappa shape index (κ1) is 35.0. The van der Waals surface area contributed by atoms with Gasteiger partial charge in [-0.05, 0) is 127 Å². The highest BCUT2D eigenvalue weighted by atomic mass is 79.9. The van der Waals surface area contributed by atoms with Crippen LogP contribution in [0.4, 0.5) is 21.0 Å². The van der Waals surface area contributed by atoms with Crippen LogP contribution in [-0.2, 0) is 17.8 Å². The lowest BCUT2D eigenvalue weighted by Gasteiger charge is -2.43. The molecule has 2 aromatic rings. The van der Waals surface area contributed by atoms with Crippen molar-refractivity contribution >= 4 is 61.2 Å². The highest BCUT2D eigenvalue weighted by Gasteiger charge is 2.36. The summed E-state index contributed by atoms with van der Waals surface area (Å²) in [6.07, 6.45) is 5.97. The molecule has 4 aliphatic rings. The van der Waals surface area contributed by atoms with Gasteiger partial charge in [0.2, 0.25) is 5.91 Å². The SMILES string of the molecule is CN(C)C1CCN(C2CCN(C(=O)[C@@H](Cc3cc(Br)c(N)c(Br)c3)NC(=O)N3CCC(N4Cc5ccccc5NC4=O)CC3)CC2)CC1. The second kappa shape index (κ2) is 15.3. The molecule has 0 saturated carbocycles. The number of para-hydroxylation sites is 1. The van der Waals surface area contributed by atoms with E-state index in [1.807, 2.05) is 46.2 Å². The third kappa shape index (κ3) is 7.95. The summed E-state index contributed by atoms with van der Waals surface area (Å²) in [4.78, 5) is 51.3. The minimum Gasteiger partial charge on any atom is -0.397 e. The zero-order valence-electron chi connectivity index (χ0n) is 28.0. The number of likely N-dealkylation sites (tertiary alicyclic amines) is 3. The third-order valence-electron chi connectivity index (χ3n) is 10.7. The van der Waals surface area contributed by atoms with E-state index in [-0.39, 0.29) is 24.0 Å². The average molecular weight is 789 g/mol. The first-order valence-electron chi connectivity index (χ1n) is 17.2. The first-order valence-corrected chi connectivity index (χ1v) is 18.8. The Balaban J connectivity index is 1.08. The Morgan fingerprint density at radius 2 is 1.52 bits per heavy atom. The number of halogens is 2. The molecule has 5 amide bonds. The number of urea groups is 2. The van der Waals surface area contributed by atoms with Crippen LogP contribution in [-0.4, -0.2) is 120 Å². The van der Waals surface area contributed by atoms with E-state index >= 15 is 0 Å². The lowest BCUT2D eigenvalue weighted by atomic mass is 9.96. The van der Waals surface area contributed by atoms with Crippen LogP contribution < -0.4 is 16.4 Å². The van der Waals surface area contributed by atoms with Crippen molar-refractivity contribution in [3.05, 3.63) is 56.5 Å². The summed E-state index contributed by atoms with van der Waals surface area (Å²) in [7, 11) is 4.33. The number of hydrogen-bond acceptors (Lipinski definition) is 6. The Labute approximate surface area is 300 Å². The third-order valence-corrected chi connectivity index (χ3v) is 12.1. The molecule has 4 N–H and O–H groups in total. The number of nitrogens with two attached hydrogens (primary N) is 1. The van der Waals surface area contributed by atoms with Crippen molar-refractivity contribution in [1.82, 2.24) is 29.8 Å². The fraction of sp³-hybridized carbons (Fsp3) is 0.571. The minimum atomic E-state index is -0.714. The topological polar surface area (TPSA) is 117 Å². The molecular weight excluding hydrogens is 740 g/mol. The minimum absolute atomic E-state index is 0.0410. The molecule has 11 nitrogen and oxygen atoms in total. The molecule has 6 rings (SSSR count). The van der Waals surface area contributed by atoms with E-state index in [9.17, 15) is 14.4 Å². The lowest BCUT2D eigenvalue weighted by molar-refractivity contribution is -0.135. The van der Waals surface area contributed by atoms with Crippen molar-refractivity contribution in [2.24, 2.45) is 0 Å². The van der Waals surface area contributed by atoms with Gasteiger partial charge in [-0.15, -0.1) is 0 Å². The molecule has 48 heavy (non-hydrogen) atoms. The number of hydrogen-bond donors (Lipinski definition) is 3. The molecule has 13 heteroatoms. The van der Waals surface area contributed by atoms with Crippen LogP contribution in [0.5, 0.6) is 0 Å². The summed E-state index contributed by atoms with van der Waals surface area (Å²) in [5.74, 6) is -0.0456. The molecule has 1 atom stereocenters. The molecule has 0 aliphatic carbocycles. The normalized spacial score (nSPS) is 20.9. The van der Waals surface area contributed by atoms with Crippen molar-refractivity contribution in [3.8, 4) is 0 Å². The van der Waals surface area contributed by atoms with E-state index in [1.165, 1.54) is 12.8 Å². The van der Waals surface area contributed by atoms with E-state index in [1.54, 1.807) is 4.90 Å². The number of nitrogen functional groups attached to an aromatic ring is 1. The number of piperidine rings is 3. The number of carbonyl (C=O) groups excluding carboxylic acids is 3. The Hall–Kier alpha value is -2.87. The molecule has 4 heterocycles. The van der Waals surface area contributed by atoms with E-state index in [0.29, 0.717) is 69.8 Å². The van der Waals surface area contributed by atoms with Gasteiger partial charge in [-0.1, -0.05) is 18.2 Å². The fourth-order valence-electron chi connectivity index (χ4n) is 7.77.